The predicted molar refractivity (Wildman–Crippen MR) is 115 cm³/mol. The number of nitrogens with one attached hydrogen (secondary N) is 2. The second kappa shape index (κ2) is 9.04. The van der Waals surface area contributed by atoms with Crippen molar-refractivity contribution in [2.24, 2.45) is 0 Å². The molecule has 29 heavy (non-hydrogen) atoms. The summed E-state index contributed by atoms with van der Waals surface area (Å²) < 4.78 is 26.5. The van der Waals surface area contributed by atoms with Crippen LogP contribution in [0.25, 0.3) is 0 Å². The third-order valence-corrected chi connectivity index (χ3v) is 6.73. The van der Waals surface area contributed by atoms with Crippen molar-refractivity contribution in [1.82, 2.24) is 9.62 Å². The summed E-state index contributed by atoms with van der Waals surface area (Å²) in [6.45, 7) is 8.77. The van der Waals surface area contributed by atoms with Crippen molar-refractivity contribution in [1.29, 1.82) is 0 Å². The van der Waals surface area contributed by atoms with Crippen LogP contribution in [0.4, 0.5) is 10.5 Å². The second-order valence-corrected chi connectivity index (χ2v) is 10.5. The van der Waals surface area contributed by atoms with Crippen molar-refractivity contribution < 1.29 is 18.8 Å². The molecule has 3 rings (SSSR count). The van der Waals surface area contributed by atoms with Gasteiger partial charge in [-0.1, -0.05) is 11.6 Å². The van der Waals surface area contributed by atoms with Crippen LogP contribution >= 0.6 is 11.6 Å². The van der Waals surface area contributed by atoms with E-state index in [0.717, 1.165) is 11.1 Å². The van der Waals surface area contributed by atoms with Gasteiger partial charge < -0.3 is 24.2 Å². The van der Waals surface area contributed by atoms with Crippen molar-refractivity contribution in [3.63, 3.8) is 0 Å². The molecule has 2 aliphatic heterocycles. The van der Waals surface area contributed by atoms with Crippen LogP contribution in [0.2, 0.25) is 5.02 Å². The number of anilines is 1. The molecule has 1 aromatic rings. The van der Waals surface area contributed by atoms with Crippen molar-refractivity contribution in [2.45, 2.75) is 64.2 Å². The highest BCUT2D eigenvalue weighted by Crippen LogP contribution is 2.36. The van der Waals surface area contributed by atoms with Gasteiger partial charge >= 0.3 is 6.03 Å². The van der Waals surface area contributed by atoms with E-state index in [0.29, 0.717) is 36.6 Å². The minimum atomic E-state index is -1.29. The van der Waals surface area contributed by atoms with E-state index < -0.39 is 16.1 Å². The molecule has 1 aromatic carbocycles. The molecular weight excluding hydrogens is 414 g/mol. The lowest BCUT2D eigenvalue weighted by molar-refractivity contribution is -0.0305. The van der Waals surface area contributed by atoms with Crippen LogP contribution < -0.4 is 10.0 Å². The highest BCUT2D eigenvalue weighted by atomic mass is 35.5. The van der Waals surface area contributed by atoms with Gasteiger partial charge in [0, 0.05) is 47.1 Å². The normalized spacial score (nSPS) is 18.7. The molecule has 0 bridgehead atoms. The summed E-state index contributed by atoms with van der Waals surface area (Å²) in [5.74, 6) is 0. The number of rotatable bonds is 7. The molecule has 0 aromatic heterocycles. The van der Waals surface area contributed by atoms with Crippen LogP contribution in [0.15, 0.2) is 24.7 Å². The number of halogens is 1. The topological polar surface area (TPSA) is 85.9 Å². The number of amides is 2. The Kier molecular flexibility index (Phi) is 6.88. The number of nitrogens with zero attached hydrogens (tertiary/aromatic N) is 1. The lowest BCUT2D eigenvalue weighted by Crippen LogP contribution is -2.43. The van der Waals surface area contributed by atoms with Crippen molar-refractivity contribution in [3.8, 4) is 0 Å². The summed E-state index contributed by atoms with van der Waals surface area (Å²) in [6.07, 6.45) is 3.93. The minimum absolute atomic E-state index is 0.144. The molecule has 0 saturated carbocycles. The third kappa shape index (κ3) is 5.31. The van der Waals surface area contributed by atoms with Gasteiger partial charge in [0.2, 0.25) is 6.29 Å². The monoisotopic (exact) mass is 441 g/mol. The highest BCUT2D eigenvalue weighted by Gasteiger charge is 2.33. The number of fused-ring (bicyclic) bond motifs is 1. The Morgan fingerprint density at radius 1 is 1.38 bits per heavy atom. The maximum Gasteiger partial charge on any atom is 0.322 e. The lowest BCUT2D eigenvalue weighted by atomic mass is 9.94. The fourth-order valence-electron chi connectivity index (χ4n) is 3.26. The van der Waals surface area contributed by atoms with Gasteiger partial charge in [0.1, 0.15) is 17.3 Å². The van der Waals surface area contributed by atoms with Gasteiger partial charge in [-0.25, -0.2) is 4.79 Å². The minimum Gasteiger partial charge on any atom is -0.598 e. The molecule has 1 unspecified atom stereocenters. The van der Waals surface area contributed by atoms with E-state index in [1.807, 2.05) is 33.8 Å². The van der Waals surface area contributed by atoms with Gasteiger partial charge in [0.25, 0.3) is 0 Å². The van der Waals surface area contributed by atoms with E-state index in [-0.39, 0.29) is 18.4 Å². The molecule has 2 N–H and O–H groups in total. The average Bonchev–Trinajstić information content (AvgIpc) is 3.16. The molecule has 0 fully saturated rings. The Labute approximate surface area is 180 Å². The van der Waals surface area contributed by atoms with E-state index in [4.69, 9.17) is 21.1 Å². The first-order valence-corrected chi connectivity index (χ1v) is 11.2. The van der Waals surface area contributed by atoms with E-state index in [1.165, 1.54) is 12.5 Å². The Hall–Kier alpha value is -1.61. The molecule has 0 aliphatic carbocycles. The van der Waals surface area contributed by atoms with E-state index in [1.54, 1.807) is 11.0 Å². The predicted octanol–water partition coefficient (Wildman–Crippen LogP) is 4.42. The van der Waals surface area contributed by atoms with Crippen molar-refractivity contribution >= 4 is 34.7 Å². The van der Waals surface area contributed by atoms with Gasteiger partial charge in [-0.3, -0.25) is 0 Å². The van der Waals surface area contributed by atoms with Crippen LogP contribution in [0.1, 0.15) is 57.7 Å². The van der Waals surface area contributed by atoms with Gasteiger partial charge in [0.15, 0.2) is 0 Å². The zero-order chi connectivity index (χ0) is 21.2. The van der Waals surface area contributed by atoms with Gasteiger partial charge in [-0.15, -0.1) is 4.72 Å². The first-order chi connectivity index (χ1) is 13.7. The summed E-state index contributed by atoms with van der Waals surface area (Å²) in [6, 6.07) is 3.26. The fourth-order valence-corrected chi connectivity index (χ4v) is 4.35. The average molecular weight is 442 g/mol. The summed E-state index contributed by atoms with van der Waals surface area (Å²) in [4.78, 5) is 14.0. The fraction of sp³-hybridized carbons (Fsp3) is 0.550. The van der Waals surface area contributed by atoms with Crippen molar-refractivity contribution in [3.05, 3.63) is 40.8 Å². The van der Waals surface area contributed by atoms with Gasteiger partial charge in [0.05, 0.1) is 6.04 Å². The number of urea groups is 1. The number of carbonyl (C=O) groups is 1. The summed E-state index contributed by atoms with van der Waals surface area (Å²) in [5, 5.41) is 3.44. The zero-order valence-corrected chi connectivity index (χ0v) is 18.7. The van der Waals surface area contributed by atoms with E-state index in [9.17, 15) is 9.35 Å². The second-order valence-electron chi connectivity index (χ2n) is 8.07. The standard InChI is InChI=1S/C20H28ClN3O4S/c1-5-24-12-15-14(10-13(21)11-17(15)22-19(24)25)16(23-29(26)20(2,3)4)6-7-18-27-8-9-28-18/h8-11,16,18,23H,5-7,12H2,1-4H3,(H,22,25)/t16-,29?/m0/s1. The summed E-state index contributed by atoms with van der Waals surface area (Å²) in [5.41, 5.74) is 2.60. The van der Waals surface area contributed by atoms with E-state index in [2.05, 4.69) is 10.0 Å². The molecule has 160 valence electrons. The Morgan fingerprint density at radius 2 is 2.07 bits per heavy atom. The third-order valence-electron chi connectivity index (χ3n) is 4.90. The Morgan fingerprint density at radius 3 is 2.69 bits per heavy atom. The zero-order valence-electron chi connectivity index (χ0n) is 17.2. The van der Waals surface area contributed by atoms with Crippen LogP contribution in [-0.2, 0) is 27.4 Å². The van der Waals surface area contributed by atoms with Crippen LogP contribution in [0, 0.1) is 0 Å². The number of hydrogen-bond donors (Lipinski definition) is 2. The molecule has 0 saturated heterocycles. The molecule has 2 heterocycles. The summed E-state index contributed by atoms with van der Waals surface area (Å²) in [7, 11) is 0. The molecule has 0 spiro atoms. The number of hydrogen-bond acceptors (Lipinski definition) is 5. The first-order valence-electron chi connectivity index (χ1n) is 9.71. The molecular formula is C20H28ClN3O4S. The molecule has 2 atom stereocenters. The summed E-state index contributed by atoms with van der Waals surface area (Å²) >= 11 is 5.08. The van der Waals surface area contributed by atoms with Crippen LogP contribution in [0.5, 0.6) is 0 Å². The largest absolute Gasteiger partial charge is 0.598 e. The smallest absolute Gasteiger partial charge is 0.322 e. The molecule has 7 nitrogen and oxygen atoms in total. The van der Waals surface area contributed by atoms with Crippen LogP contribution in [-0.4, -0.2) is 33.1 Å². The van der Waals surface area contributed by atoms with Crippen LogP contribution in [0.3, 0.4) is 0 Å². The highest BCUT2D eigenvalue weighted by molar-refractivity contribution is 7.90. The van der Waals surface area contributed by atoms with Gasteiger partial charge in [-0.2, -0.15) is 0 Å². The SMILES string of the molecule is CCN1Cc2c(cc(Cl)cc2[C@H](CCC2OC=CO2)N[S+]([O-])C(C)(C)C)NC1=O. The Balaban J connectivity index is 1.92. The molecule has 9 heteroatoms. The molecule has 0 radical (unpaired) electrons. The molecule has 2 amide bonds. The quantitative estimate of drug-likeness (QED) is 0.611. The van der Waals surface area contributed by atoms with Crippen molar-refractivity contribution in [2.75, 3.05) is 11.9 Å². The Bertz CT molecular complexity index is 776. The first kappa shape index (κ1) is 22.1. The molecule has 2 aliphatic rings. The van der Waals surface area contributed by atoms with E-state index >= 15 is 0 Å². The number of benzene rings is 1. The van der Waals surface area contributed by atoms with Gasteiger partial charge in [-0.05, 0) is 51.8 Å². The maximum atomic E-state index is 12.9. The lowest BCUT2D eigenvalue weighted by Gasteiger charge is -2.33. The number of carbonyl (C=O) groups excluding carboxylic acids is 1. The maximum absolute atomic E-state index is 12.9. The number of ether oxygens (including phenoxy) is 2.